The molecule has 0 aliphatic heterocycles. The Bertz CT molecular complexity index is 565. The second kappa shape index (κ2) is 4.52. The lowest BCUT2D eigenvalue weighted by Crippen LogP contribution is -2.56. The van der Waals surface area contributed by atoms with Crippen molar-refractivity contribution in [3.8, 4) is 0 Å². The quantitative estimate of drug-likeness (QED) is 0.645. The summed E-state index contributed by atoms with van der Waals surface area (Å²) in [5.41, 5.74) is -0.0975. The molecular weight excluding hydrogens is 276 g/mol. The van der Waals surface area contributed by atoms with Gasteiger partial charge >= 0.3 is 0 Å². The molecule has 0 saturated heterocycles. The maximum atomic E-state index is 12.4. The molecule has 3 heteroatoms. The Morgan fingerprint density at radius 2 is 1.64 bits per heavy atom. The van der Waals surface area contributed by atoms with Crippen molar-refractivity contribution in [2.45, 2.75) is 65.2 Å². The molecule has 0 radical (unpaired) electrons. The Balaban J connectivity index is 1.68. The van der Waals surface area contributed by atoms with Crippen LogP contribution in [0.4, 0.5) is 0 Å². The van der Waals surface area contributed by atoms with Crippen LogP contribution >= 0.6 is 0 Å². The van der Waals surface area contributed by atoms with Gasteiger partial charge < -0.3 is 0 Å². The molecule has 4 fully saturated rings. The fourth-order valence-electron chi connectivity index (χ4n) is 6.72. The van der Waals surface area contributed by atoms with Crippen molar-refractivity contribution in [1.29, 1.82) is 0 Å². The minimum Gasteiger partial charge on any atom is -0.299 e. The number of carbonyl (C=O) groups is 3. The molecule has 4 aliphatic carbocycles. The number of fused-ring (bicyclic) bond motifs is 5. The van der Waals surface area contributed by atoms with Gasteiger partial charge in [0.1, 0.15) is 5.78 Å². The topological polar surface area (TPSA) is 51.2 Å². The zero-order valence-corrected chi connectivity index (χ0v) is 13.7. The number of carbonyl (C=O) groups excluding carboxylic acids is 3. The van der Waals surface area contributed by atoms with Gasteiger partial charge in [-0.05, 0) is 61.7 Å². The second-order valence-corrected chi connectivity index (χ2v) is 8.72. The number of rotatable bonds is 0. The van der Waals surface area contributed by atoms with Crippen molar-refractivity contribution in [3.63, 3.8) is 0 Å². The Hall–Kier alpha value is -0.990. The lowest BCUT2D eigenvalue weighted by Gasteiger charge is -2.58. The fraction of sp³-hybridized carbons (Fsp3) is 0.842. The van der Waals surface area contributed by atoms with Gasteiger partial charge in [0.05, 0.1) is 0 Å². The van der Waals surface area contributed by atoms with Gasteiger partial charge in [0, 0.05) is 24.2 Å². The minimum atomic E-state index is -0.141. The smallest absolute Gasteiger partial charge is 0.201 e. The predicted molar refractivity (Wildman–Crippen MR) is 82.1 cm³/mol. The zero-order chi connectivity index (χ0) is 15.7. The summed E-state index contributed by atoms with van der Waals surface area (Å²) in [7, 11) is 0. The first-order valence-corrected chi connectivity index (χ1v) is 8.98. The van der Waals surface area contributed by atoms with E-state index in [4.69, 9.17) is 0 Å². The highest BCUT2D eigenvalue weighted by atomic mass is 16.2. The van der Waals surface area contributed by atoms with Crippen molar-refractivity contribution < 1.29 is 14.4 Å². The molecule has 4 saturated carbocycles. The van der Waals surface area contributed by atoms with Crippen LogP contribution in [0.25, 0.3) is 0 Å². The summed E-state index contributed by atoms with van der Waals surface area (Å²) < 4.78 is 0. The lowest BCUT2D eigenvalue weighted by atomic mass is 9.45. The van der Waals surface area contributed by atoms with Crippen LogP contribution in [0.2, 0.25) is 0 Å². The number of Topliss-reactive ketones (excluding diaryl/α,β-unsaturated/α-hetero) is 3. The Labute approximate surface area is 132 Å². The highest BCUT2D eigenvalue weighted by Gasteiger charge is 2.61. The van der Waals surface area contributed by atoms with Gasteiger partial charge in [-0.15, -0.1) is 0 Å². The third-order valence-electron chi connectivity index (χ3n) is 8.06. The first-order chi connectivity index (χ1) is 10.4. The van der Waals surface area contributed by atoms with Gasteiger partial charge in [0.2, 0.25) is 5.78 Å². The fourth-order valence-corrected chi connectivity index (χ4v) is 6.72. The van der Waals surface area contributed by atoms with E-state index >= 15 is 0 Å². The number of hydrogen-bond acceptors (Lipinski definition) is 3. The Morgan fingerprint density at radius 3 is 2.41 bits per heavy atom. The first kappa shape index (κ1) is 14.6. The van der Waals surface area contributed by atoms with Crippen molar-refractivity contribution in [3.05, 3.63) is 0 Å². The van der Waals surface area contributed by atoms with E-state index in [0.29, 0.717) is 30.0 Å². The molecular formula is C19H26O3. The molecule has 1 unspecified atom stereocenters. The number of hydrogen-bond donors (Lipinski definition) is 0. The highest BCUT2D eigenvalue weighted by molar-refractivity contribution is 6.38. The van der Waals surface area contributed by atoms with E-state index in [2.05, 4.69) is 13.8 Å². The Morgan fingerprint density at radius 1 is 0.864 bits per heavy atom. The van der Waals surface area contributed by atoms with E-state index in [1.165, 1.54) is 0 Å². The van der Waals surface area contributed by atoms with Crippen molar-refractivity contribution in [1.82, 2.24) is 0 Å². The van der Waals surface area contributed by atoms with E-state index in [-0.39, 0.29) is 28.3 Å². The molecule has 3 nitrogen and oxygen atoms in total. The monoisotopic (exact) mass is 302 g/mol. The molecule has 0 bridgehead atoms. The van der Waals surface area contributed by atoms with Crippen LogP contribution in [0, 0.1) is 34.5 Å². The van der Waals surface area contributed by atoms with Gasteiger partial charge in [-0.1, -0.05) is 13.8 Å². The molecule has 6 atom stereocenters. The van der Waals surface area contributed by atoms with Gasteiger partial charge in [-0.3, -0.25) is 14.4 Å². The van der Waals surface area contributed by atoms with E-state index < -0.39 is 0 Å². The molecule has 0 aromatic rings. The van der Waals surface area contributed by atoms with E-state index in [1.807, 2.05) is 0 Å². The SMILES string of the molecule is C[C@]12CCC(=O)C(=O)C1CC[C@@H]1[C@H]2CC[C@]2(C)C(=O)CC[C@H]12. The average molecular weight is 302 g/mol. The van der Waals surface area contributed by atoms with E-state index in [1.54, 1.807) is 0 Å². The van der Waals surface area contributed by atoms with Crippen molar-refractivity contribution in [2.24, 2.45) is 34.5 Å². The average Bonchev–Trinajstić information content (AvgIpc) is 2.79. The summed E-state index contributed by atoms with van der Waals surface area (Å²) in [5.74, 6) is 1.83. The molecule has 22 heavy (non-hydrogen) atoms. The summed E-state index contributed by atoms with van der Waals surface area (Å²) in [5, 5.41) is 0. The third kappa shape index (κ3) is 1.66. The Kier molecular flexibility index (Phi) is 3.00. The molecule has 0 amide bonds. The van der Waals surface area contributed by atoms with Gasteiger partial charge in [0.25, 0.3) is 0 Å². The molecule has 0 heterocycles. The zero-order valence-electron chi connectivity index (χ0n) is 13.7. The normalized spacial score (nSPS) is 51.3. The first-order valence-electron chi connectivity index (χ1n) is 8.98. The summed E-state index contributed by atoms with van der Waals surface area (Å²) in [6.45, 7) is 4.45. The van der Waals surface area contributed by atoms with E-state index in [0.717, 1.165) is 44.9 Å². The van der Waals surface area contributed by atoms with Crippen molar-refractivity contribution in [2.75, 3.05) is 0 Å². The molecule has 4 aliphatic rings. The number of ketones is 3. The molecule has 0 N–H and O–H groups in total. The van der Waals surface area contributed by atoms with Gasteiger partial charge in [0.15, 0.2) is 5.78 Å². The standard InChI is InChI=1S/C19H26O3/c1-18-10-8-15(20)17(22)14(18)4-3-11-12-5-6-16(21)19(12,2)9-7-13(11)18/h11-14H,3-10H2,1-2H3/t11-,12+,13+,14?,18+,19-/m0/s1. The summed E-state index contributed by atoms with van der Waals surface area (Å²) >= 11 is 0. The van der Waals surface area contributed by atoms with Crippen LogP contribution in [0.5, 0.6) is 0 Å². The maximum absolute atomic E-state index is 12.4. The third-order valence-corrected chi connectivity index (χ3v) is 8.06. The maximum Gasteiger partial charge on any atom is 0.201 e. The second-order valence-electron chi connectivity index (χ2n) is 8.72. The molecule has 0 aromatic heterocycles. The van der Waals surface area contributed by atoms with Crippen LogP contribution in [-0.2, 0) is 14.4 Å². The van der Waals surface area contributed by atoms with Crippen molar-refractivity contribution >= 4 is 17.3 Å². The van der Waals surface area contributed by atoms with Crippen LogP contribution < -0.4 is 0 Å². The summed E-state index contributed by atoms with van der Waals surface area (Å²) in [6, 6.07) is 0. The minimum absolute atomic E-state index is 0.000871. The predicted octanol–water partition coefficient (Wildman–Crippen LogP) is 3.35. The highest BCUT2D eigenvalue weighted by Crippen LogP contribution is 2.64. The van der Waals surface area contributed by atoms with E-state index in [9.17, 15) is 14.4 Å². The van der Waals surface area contributed by atoms with Crippen LogP contribution in [-0.4, -0.2) is 17.3 Å². The molecule has 0 aromatic carbocycles. The van der Waals surface area contributed by atoms with Crippen LogP contribution in [0.15, 0.2) is 0 Å². The molecule has 0 spiro atoms. The molecule has 120 valence electrons. The molecule has 4 rings (SSSR count). The van der Waals surface area contributed by atoms with Gasteiger partial charge in [-0.2, -0.15) is 0 Å². The summed E-state index contributed by atoms with van der Waals surface area (Å²) in [6.07, 6.45) is 7.07. The van der Waals surface area contributed by atoms with Crippen LogP contribution in [0.3, 0.4) is 0 Å². The summed E-state index contributed by atoms with van der Waals surface area (Å²) in [4.78, 5) is 36.6. The lowest BCUT2D eigenvalue weighted by molar-refractivity contribution is -0.158. The van der Waals surface area contributed by atoms with Crippen LogP contribution in [0.1, 0.15) is 65.2 Å². The van der Waals surface area contributed by atoms with Gasteiger partial charge in [-0.25, -0.2) is 0 Å². The largest absolute Gasteiger partial charge is 0.299 e.